The van der Waals surface area contributed by atoms with Gasteiger partial charge in [0.15, 0.2) is 9.84 Å². The van der Waals surface area contributed by atoms with E-state index in [1.807, 2.05) is 6.08 Å². The second-order valence-electron chi connectivity index (χ2n) is 5.82. The SMILES string of the molecule is O=S1(=O)C2C=C(c3cnc(-n4ccnc4)nc3)CC1CCC2. The Hall–Kier alpha value is -2.02. The van der Waals surface area contributed by atoms with Crippen molar-refractivity contribution >= 4 is 15.4 Å². The molecule has 4 rings (SSSR count). The molecule has 0 saturated carbocycles. The molecule has 0 amide bonds. The summed E-state index contributed by atoms with van der Waals surface area (Å²) in [7, 11) is -2.98. The number of imidazole rings is 1. The number of hydrogen-bond acceptors (Lipinski definition) is 5. The van der Waals surface area contributed by atoms with Gasteiger partial charge in [0.2, 0.25) is 5.95 Å². The molecule has 0 aromatic carbocycles. The van der Waals surface area contributed by atoms with E-state index in [0.717, 1.165) is 30.4 Å². The number of rotatable bonds is 2. The maximum absolute atomic E-state index is 12.3. The van der Waals surface area contributed by atoms with Gasteiger partial charge in [-0.15, -0.1) is 0 Å². The predicted molar refractivity (Wildman–Crippen MR) is 82.1 cm³/mol. The van der Waals surface area contributed by atoms with Gasteiger partial charge >= 0.3 is 0 Å². The Morgan fingerprint density at radius 3 is 2.68 bits per heavy atom. The van der Waals surface area contributed by atoms with Crippen molar-refractivity contribution in [1.29, 1.82) is 0 Å². The van der Waals surface area contributed by atoms with E-state index in [-0.39, 0.29) is 10.5 Å². The summed E-state index contributed by atoms with van der Waals surface area (Å²) in [6.07, 6.45) is 13.6. The third-order valence-corrected chi connectivity index (χ3v) is 7.03. The van der Waals surface area contributed by atoms with Crippen LogP contribution in [-0.2, 0) is 9.84 Å². The summed E-state index contributed by atoms with van der Waals surface area (Å²) in [5, 5.41) is -0.567. The zero-order valence-electron chi connectivity index (χ0n) is 12.0. The summed E-state index contributed by atoms with van der Waals surface area (Å²) in [6, 6.07) is 0. The molecular formula is C15H16N4O2S. The Labute approximate surface area is 128 Å². The van der Waals surface area contributed by atoms with Crippen LogP contribution in [0.3, 0.4) is 0 Å². The molecule has 2 aromatic heterocycles. The summed E-state index contributed by atoms with van der Waals surface area (Å²) >= 11 is 0. The van der Waals surface area contributed by atoms with Crippen molar-refractivity contribution in [1.82, 2.24) is 19.5 Å². The fourth-order valence-corrected chi connectivity index (χ4v) is 5.52. The molecule has 1 fully saturated rings. The van der Waals surface area contributed by atoms with Crippen molar-refractivity contribution in [2.24, 2.45) is 0 Å². The average molecular weight is 316 g/mol. The van der Waals surface area contributed by atoms with Crippen LogP contribution >= 0.6 is 0 Å². The lowest BCUT2D eigenvalue weighted by Crippen LogP contribution is -2.38. The maximum atomic E-state index is 12.3. The maximum Gasteiger partial charge on any atom is 0.234 e. The Balaban J connectivity index is 1.67. The number of nitrogens with zero attached hydrogens (tertiary/aromatic N) is 4. The van der Waals surface area contributed by atoms with Gasteiger partial charge in [0.1, 0.15) is 6.33 Å². The minimum Gasteiger partial charge on any atom is -0.274 e. The van der Waals surface area contributed by atoms with Gasteiger partial charge in [-0.05, 0) is 24.8 Å². The van der Waals surface area contributed by atoms with E-state index in [9.17, 15) is 8.42 Å². The highest BCUT2D eigenvalue weighted by Crippen LogP contribution is 2.38. The lowest BCUT2D eigenvalue weighted by atomic mass is 9.95. The van der Waals surface area contributed by atoms with Crippen molar-refractivity contribution in [2.45, 2.75) is 36.2 Å². The average Bonchev–Trinajstić information content (AvgIpc) is 3.00. The van der Waals surface area contributed by atoms with E-state index < -0.39 is 9.84 Å². The van der Waals surface area contributed by atoms with Crippen LogP contribution in [0.25, 0.3) is 11.5 Å². The van der Waals surface area contributed by atoms with Crippen LogP contribution in [0.2, 0.25) is 0 Å². The van der Waals surface area contributed by atoms with Gasteiger partial charge in [0, 0.05) is 30.4 Å². The third-order valence-electron chi connectivity index (χ3n) is 4.48. The zero-order valence-corrected chi connectivity index (χ0v) is 12.8. The molecule has 1 saturated heterocycles. The molecule has 0 aliphatic carbocycles. The number of fused-ring (bicyclic) bond motifs is 2. The van der Waals surface area contributed by atoms with Crippen LogP contribution in [0.5, 0.6) is 0 Å². The van der Waals surface area contributed by atoms with Crippen molar-refractivity contribution in [3.05, 3.63) is 42.8 Å². The Bertz CT molecular complexity index is 810. The highest BCUT2D eigenvalue weighted by Gasteiger charge is 2.40. The monoisotopic (exact) mass is 316 g/mol. The fourth-order valence-electron chi connectivity index (χ4n) is 3.27. The van der Waals surface area contributed by atoms with Crippen molar-refractivity contribution in [2.75, 3.05) is 0 Å². The zero-order chi connectivity index (χ0) is 15.2. The molecule has 2 aromatic rings. The quantitative estimate of drug-likeness (QED) is 0.844. The highest BCUT2D eigenvalue weighted by atomic mass is 32.2. The number of hydrogen-bond donors (Lipinski definition) is 0. The number of sulfone groups is 1. The van der Waals surface area contributed by atoms with E-state index >= 15 is 0 Å². The summed E-state index contributed by atoms with van der Waals surface area (Å²) in [4.78, 5) is 12.7. The first-order valence-corrected chi connectivity index (χ1v) is 9.00. The predicted octanol–water partition coefficient (Wildman–Crippen LogP) is 1.79. The molecule has 6 nitrogen and oxygen atoms in total. The molecule has 2 bridgehead atoms. The lowest BCUT2D eigenvalue weighted by molar-refractivity contribution is 0.518. The minimum absolute atomic E-state index is 0.237. The molecule has 7 heteroatoms. The second-order valence-corrected chi connectivity index (χ2v) is 8.27. The van der Waals surface area contributed by atoms with Crippen molar-refractivity contribution in [3.8, 4) is 5.95 Å². The Morgan fingerprint density at radius 1 is 1.18 bits per heavy atom. The number of allylic oxidation sites excluding steroid dienone is 1. The molecule has 2 atom stereocenters. The molecule has 0 spiro atoms. The van der Waals surface area contributed by atoms with Crippen LogP contribution in [-0.4, -0.2) is 38.4 Å². The summed E-state index contributed by atoms with van der Waals surface area (Å²) in [6.45, 7) is 0. The van der Waals surface area contributed by atoms with Gasteiger partial charge in [0.05, 0.1) is 10.5 Å². The minimum atomic E-state index is -2.98. The molecule has 114 valence electrons. The van der Waals surface area contributed by atoms with Crippen LogP contribution in [0, 0.1) is 0 Å². The van der Waals surface area contributed by atoms with Crippen LogP contribution < -0.4 is 0 Å². The van der Waals surface area contributed by atoms with Crippen molar-refractivity contribution < 1.29 is 8.42 Å². The first-order chi connectivity index (χ1) is 10.6. The topological polar surface area (TPSA) is 77.7 Å². The Kier molecular flexibility index (Phi) is 3.11. The largest absolute Gasteiger partial charge is 0.274 e. The smallest absolute Gasteiger partial charge is 0.234 e. The summed E-state index contributed by atoms with van der Waals surface area (Å²) in [5.41, 5.74) is 1.97. The first-order valence-electron chi connectivity index (χ1n) is 7.39. The fraction of sp³-hybridized carbons (Fsp3) is 0.400. The van der Waals surface area contributed by atoms with Crippen molar-refractivity contribution in [3.63, 3.8) is 0 Å². The van der Waals surface area contributed by atoms with E-state index in [0.29, 0.717) is 12.4 Å². The third kappa shape index (κ3) is 2.16. The molecule has 2 aliphatic rings. The molecule has 0 radical (unpaired) electrons. The number of aromatic nitrogens is 4. The van der Waals surface area contributed by atoms with Crippen LogP contribution in [0.4, 0.5) is 0 Å². The standard InChI is InChI=1S/C15H16N4O2S/c20-22(21)13-2-1-3-14(22)7-11(6-13)12-8-17-15(18-9-12)19-5-4-16-10-19/h4-6,8-10,13-14H,1-3,7H2. The molecule has 0 N–H and O–H groups in total. The lowest BCUT2D eigenvalue weighted by Gasteiger charge is -2.33. The highest BCUT2D eigenvalue weighted by molar-refractivity contribution is 7.93. The molecular weight excluding hydrogens is 300 g/mol. The normalized spacial score (nSPS) is 26.5. The van der Waals surface area contributed by atoms with Gasteiger partial charge in [-0.3, -0.25) is 4.57 Å². The summed E-state index contributed by atoms with van der Waals surface area (Å²) < 4.78 is 26.3. The van der Waals surface area contributed by atoms with E-state index in [4.69, 9.17) is 0 Å². The Morgan fingerprint density at radius 2 is 2.00 bits per heavy atom. The van der Waals surface area contributed by atoms with Crippen LogP contribution in [0.15, 0.2) is 37.2 Å². The van der Waals surface area contributed by atoms with E-state index in [2.05, 4.69) is 15.0 Å². The second kappa shape index (κ2) is 5.01. The van der Waals surface area contributed by atoms with E-state index in [1.165, 1.54) is 0 Å². The van der Waals surface area contributed by atoms with Gasteiger partial charge in [-0.25, -0.2) is 23.4 Å². The van der Waals surface area contributed by atoms with Gasteiger partial charge in [-0.1, -0.05) is 12.5 Å². The van der Waals surface area contributed by atoms with Crippen LogP contribution in [0.1, 0.15) is 31.2 Å². The molecule has 2 aliphatic heterocycles. The van der Waals surface area contributed by atoms with Gasteiger partial charge in [-0.2, -0.15) is 0 Å². The van der Waals surface area contributed by atoms with Gasteiger partial charge in [0.25, 0.3) is 0 Å². The van der Waals surface area contributed by atoms with E-state index in [1.54, 1.807) is 35.7 Å². The first kappa shape index (κ1) is 13.6. The molecule has 4 heterocycles. The summed E-state index contributed by atoms with van der Waals surface area (Å²) in [5.74, 6) is 0.561. The molecule has 22 heavy (non-hydrogen) atoms. The molecule has 2 unspecified atom stereocenters. The van der Waals surface area contributed by atoms with Gasteiger partial charge < -0.3 is 0 Å².